The van der Waals surface area contributed by atoms with Crippen LogP contribution in [0.25, 0.3) is 0 Å². The molecule has 0 aliphatic rings. The summed E-state index contributed by atoms with van der Waals surface area (Å²) in [6.45, 7) is 11.4. The molecule has 0 heterocycles. The molecule has 0 aliphatic heterocycles. The molecule has 0 saturated carbocycles. The molecule has 0 saturated heterocycles. The number of rotatable bonds is 9. The Hall–Kier alpha value is -0.0900. The van der Waals surface area contributed by atoms with Crippen LogP contribution in [0.15, 0.2) is 0 Å². The predicted octanol–water partition coefficient (Wildman–Crippen LogP) is 3.01. The van der Waals surface area contributed by atoms with Crippen LogP contribution >= 0.6 is 0 Å². The topological polar surface area (TPSA) is 46.2 Å². The van der Waals surface area contributed by atoms with Gasteiger partial charge in [0.15, 0.2) is 0 Å². The number of nitrogens with one attached hydrogen (secondary N) is 1. The highest BCUT2D eigenvalue weighted by Gasteiger charge is 2.15. The minimum Gasteiger partial charge on any atom is -0.312 e. The smallest absolute Gasteiger partial charge is 0.150 e. The zero-order valence-corrected chi connectivity index (χ0v) is 13.6. The summed E-state index contributed by atoms with van der Waals surface area (Å²) in [6.07, 6.45) is 4.15. The van der Waals surface area contributed by atoms with Crippen molar-refractivity contribution in [3.05, 3.63) is 0 Å². The van der Waals surface area contributed by atoms with Gasteiger partial charge in [-0.25, -0.2) is 8.42 Å². The molecule has 0 aromatic carbocycles. The predicted molar refractivity (Wildman–Crippen MR) is 79.7 cm³/mol. The fourth-order valence-corrected chi connectivity index (χ4v) is 2.84. The van der Waals surface area contributed by atoms with Crippen LogP contribution in [-0.4, -0.2) is 32.0 Å². The average molecular weight is 277 g/mol. The van der Waals surface area contributed by atoms with E-state index in [9.17, 15) is 8.42 Å². The van der Waals surface area contributed by atoms with Gasteiger partial charge in [0.1, 0.15) is 9.84 Å². The van der Waals surface area contributed by atoms with Crippen LogP contribution in [0.1, 0.15) is 60.3 Å². The molecule has 0 aromatic rings. The van der Waals surface area contributed by atoms with Gasteiger partial charge in [-0.1, -0.05) is 20.3 Å². The van der Waals surface area contributed by atoms with Gasteiger partial charge in [0, 0.05) is 11.3 Å². The van der Waals surface area contributed by atoms with E-state index in [1.165, 1.54) is 6.42 Å². The first-order valence-corrected chi connectivity index (χ1v) is 8.97. The summed E-state index contributed by atoms with van der Waals surface area (Å²) >= 11 is 0. The quantitative estimate of drug-likeness (QED) is 0.704. The molecule has 18 heavy (non-hydrogen) atoms. The first kappa shape index (κ1) is 17.9. The summed E-state index contributed by atoms with van der Waals surface area (Å²) < 4.78 is 22.9. The Kier molecular flexibility index (Phi) is 8.11. The van der Waals surface area contributed by atoms with E-state index >= 15 is 0 Å². The molecule has 3 nitrogen and oxygen atoms in total. The van der Waals surface area contributed by atoms with Crippen molar-refractivity contribution in [3.8, 4) is 0 Å². The van der Waals surface area contributed by atoms with Crippen molar-refractivity contribution in [3.63, 3.8) is 0 Å². The standard InChI is InChI=1S/C14H31NO2S/c1-6-9-13(12-15-14(3,4)5)10-8-11-18(16,17)7-2/h13,15H,6-12H2,1-5H3. The van der Waals surface area contributed by atoms with Crippen molar-refractivity contribution in [1.82, 2.24) is 5.32 Å². The summed E-state index contributed by atoms with van der Waals surface area (Å²) in [5, 5.41) is 3.52. The van der Waals surface area contributed by atoms with Crippen LogP contribution in [0, 0.1) is 5.92 Å². The summed E-state index contributed by atoms with van der Waals surface area (Å²) in [5.41, 5.74) is 0.140. The maximum absolute atomic E-state index is 11.4. The van der Waals surface area contributed by atoms with E-state index in [0.29, 0.717) is 11.7 Å². The van der Waals surface area contributed by atoms with Gasteiger partial charge in [-0.05, 0) is 52.5 Å². The van der Waals surface area contributed by atoms with E-state index in [2.05, 4.69) is 33.0 Å². The van der Waals surface area contributed by atoms with Gasteiger partial charge in [-0.15, -0.1) is 0 Å². The van der Waals surface area contributed by atoms with Crippen LogP contribution in [0.4, 0.5) is 0 Å². The molecular formula is C14H31NO2S. The highest BCUT2D eigenvalue weighted by atomic mass is 32.2. The van der Waals surface area contributed by atoms with E-state index in [0.717, 1.165) is 25.8 Å². The fourth-order valence-electron chi connectivity index (χ4n) is 1.94. The van der Waals surface area contributed by atoms with Crippen LogP contribution in [0.3, 0.4) is 0 Å². The molecule has 4 heteroatoms. The second-order valence-corrected chi connectivity index (χ2v) is 8.64. The van der Waals surface area contributed by atoms with Crippen molar-refractivity contribution >= 4 is 9.84 Å². The fraction of sp³-hybridized carbons (Fsp3) is 1.00. The van der Waals surface area contributed by atoms with Gasteiger partial charge >= 0.3 is 0 Å². The molecule has 0 amide bonds. The molecule has 0 rings (SSSR count). The van der Waals surface area contributed by atoms with Gasteiger partial charge < -0.3 is 5.32 Å². The summed E-state index contributed by atoms with van der Waals surface area (Å²) in [6, 6.07) is 0. The minimum absolute atomic E-state index is 0.140. The first-order valence-electron chi connectivity index (χ1n) is 7.15. The Bertz CT molecular complexity index is 304. The lowest BCUT2D eigenvalue weighted by atomic mass is 9.97. The van der Waals surface area contributed by atoms with Crippen LogP contribution in [0.2, 0.25) is 0 Å². The maximum Gasteiger partial charge on any atom is 0.150 e. The molecule has 110 valence electrons. The molecule has 0 fully saturated rings. The summed E-state index contributed by atoms with van der Waals surface area (Å²) in [5.74, 6) is 1.21. The van der Waals surface area contributed by atoms with Crippen molar-refractivity contribution in [1.29, 1.82) is 0 Å². The summed E-state index contributed by atoms with van der Waals surface area (Å²) in [7, 11) is -2.79. The van der Waals surface area contributed by atoms with Gasteiger partial charge in [0.25, 0.3) is 0 Å². The lowest BCUT2D eigenvalue weighted by Crippen LogP contribution is -2.39. The van der Waals surface area contributed by atoms with Gasteiger partial charge in [-0.2, -0.15) is 0 Å². The van der Waals surface area contributed by atoms with Crippen molar-refractivity contribution < 1.29 is 8.42 Å². The molecular weight excluding hydrogens is 246 g/mol. The Balaban J connectivity index is 4.05. The van der Waals surface area contributed by atoms with Gasteiger partial charge in [-0.3, -0.25) is 0 Å². The molecule has 0 bridgehead atoms. The highest BCUT2D eigenvalue weighted by molar-refractivity contribution is 7.91. The molecule has 0 spiro atoms. The van der Waals surface area contributed by atoms with E-state index in [4.69, 9.17) is 0 Å². The molecule has 0 aliphatic carbocycles. The van der Waals surface area contributed by atoms with E-state index in [-0.39, 0.29) is 11.3 Å². The second kappa shape index (κ2) is 8.16. The number of hydrogen-bond donors (Lipinski definition) is 1. The van der Waals surface area contributed by atoms with Crippen LogP contribution in [0.5, 0.6) is 0 Å². The molecule has 0 aromatic heterocycles. The van der Waals surface area contributed by atoms with Crippen molar-refractivity contribution in [2.24, 2.45) is 5.92 Å². The SMILES string of the molecule is CCCC(CCCS(=O)(=O)CC)CNC(C)(C)C. The van der Waals surface area contributed by atoms with E-state index in [1.54, 1.807) is 6.92 Å². The first-order chi connectivity index (χ1) is 8.20. The number of sulfone groups is 1. The third-order valence-electron chi connectivity index (χ3n) is 3.13. The average Bonchev–Trinajstić information content (AvgIpc) is 2.24. The lowest BCUT2D eigenvalue weighted by Gasteiger charge is -2.25. The van der Waals surface area contributed by atoms with Gasteiger partial charge in [0.2, 0.25) is 0 Å². The Morgan fingerprint density at radius 3 is 2.17 bits per heavy atom. The normalized spacial score (nSPS) is 14.7. The molecule has 1 atom stereocenters. The third-order valence-corrected chi connectivity index (χ3v) is 4.92. The Labute approximate surface area is 114 Å². The maximum atomic E-state index is 11.4. The summed E-state index contributed by atoms with van der Waals surface area (Å²) in [4.78, 5) is 0. The van der Waals surface area contributed by atoms with E-state index < -0.39 is 9.84 Å². The van der Waals surface area contributed by atoms with Crippen molar-refractivity contribution in [2.75, 3.05) is 18.1 Å². The largest absolute Gasteiger partial charge is 0.312 e. The highest BCUT2D eigenvalue weighted by Crippen LogP contribution is 2.15. The minimum atomic E-state index is -2.79. The zero-order chi connectivity index (χ0) is 14.2. The van der Waals surface area contributed by atoms with Crippen LogP contribution < -0.4 is 5.32 Å². The van der Waals surface area contributed by atoms with Gasteiger partial charge in [0.05, 0.1) is 5.75 Å². The van der Waals surface area contributed by atoms with E-state index in [1.807, 2.05) is 0 Å². The third kappa shape index (κ3) is 9.89. The molecule has 1 N–H and O–H groups in total. The molecule has 0 radical (unpaired) electrons. The Morgan fingerprint density at radius 2 is 1.72 bits per heavy atom. The van der Waals surface area contributed by atoms with Crippen molar-refractivity contribution in [2.45, 2.75) is 65.8 Å². The zero-order valence-electron chi connectivity index (χ0n) is 12.8. The Morgan fingerprint density at radius 1 is 1.11 bits per heavy atom. The monoisotopic (exact) mass is 277 g/mol. The second-order valence-electron chi connectivity index (χ2n) is 6.16. The number of hydrogen-bond acceptors (Lipinski definition) is 3. The van der Waals surface area contributed by atoms with Crippen LogP contribution in [-0.2, 0) is 9.84 Å². The lowest BCUT2D eigenvalue weighted by molar-refractivity contribution is 0.342. The molecule has 1 unspecified atom stereocenters.